The number of benzene rings is 1. The number of hydrogen-bond donors (Lipinski definition) is 1. The highest BCUT2D eigenvalue weighted by Gasteiger charge is 2.27. The van der Waals surface area contributed by atoms with Crippen LogP contribution in [0.2, 0.25) is 5.02 Å². The molecule has 0 amide bonds. The number of halogens is 1. The standard InChI is InChI=1S/C12H15ClO4/c1-3-16-12(15)11(8(2)14)17-10-6-4-9(13)5-7-10/h4-8,11,14H,3H2,1-2H3. The first kappa shape index (κ1) is 13.8. The average Bonchev–Trinajstić information content (AvgIpc) is 2.28. The molecule has 4 nitrogen and oxygen atoms in total. The summed E-state index contributed by atoms with van der Waals surface area (Å²) in [6.45, 7) is 3.41. The van der Waals surface area contributed by atoms with Crippen molar-refractivity contribution < 1.29 is 19.4 Å². The van der Waals surface area contributed by atoms with E-state index in [9.17, 15) is 9.90 Å². The van der Waals surface area contributed by atoms with Gasteiger partial charge in [-0.15, -0.1) is 0 Å². The van der Waals surface area contributed by atoms with Crippen molar-refractivity contribution in [2.75, 3.05) is 6.61 Å². The van der Waals surface area contributed by atoms with E-state index in [4.69, 9.17) is 21.1 Å². The van der Waals surface area contributed by atoms with Gasteiger partial charge in [0.25, 0.3) is 0 Å². The predicted molar refractivity (Wildman–Crippen MR) is 64.2 cm³/mol. The summed E-state index contributed by atoms with van der Waals surface area (Å²) in [6, 6.07) is 6.52. The third-order valence-electron chi connectivity index (χ3n) is 2.03. The number of carbonyl (C=O) groups is 1. The van der Waals surface area contributed by atoms with E-state index in [0.717, 1.165) is 0 Å². The lowest BCUT2D eigenvalue weighted by Gasteiger charge is -2.19. The molecule has 0 saturated carbocycles. The predicted octanol–water partition coefficient (Wildman–Crippen LogP) is 2.03. The van der Waals surface area contributed by atoms with Crippen LogP contribution in [0.15, 0.2) is 24.3 Å². The van der Waals surface area contributed by atoms with Crippen LogP contribution in [-0.2, 0) is 9.53 Å². The summed E-state index contributed by atoms with van der Waals surface area (Å²) in [6.07, 6.45) is -1.99. The zero-order chi connectivity index (χ0) is 12.8. The van der Waals surface area contributed by atoms with Gasteiger partial charge in [0.15, 0.2) is 0 Å². The molecule has 0 aliphatic heterocycles. The van der Waals surface area contributed by atoms with Crippen LogP contribution in [0.3, 0.4) is 0 Å². The number of aliphatic hydroxyl groups is 1. The lowest BCUT2D eigenvalue weighted by molar-refractivity contribution is -0.156. The Morgan fingerprint density at radius 2 is 2.00 bits per heavy atom. The zero-order valence-electron chi connectivity index (χ0n) is 9.72. The fourth-order valence-electron chi connectivity index (χ4n) is 1.23. The average molecular weight is 259 g/mol. The number of esters is 1. The Kier molecular flexibility index (Phi) is 5.25. The topological polar surface area (TPSA) is 55.8 Å². The van der Waals surface area contributed by atoms with Crippen LogP contribution >= 0.6 is 11.6 Å². The molecular weight excluding hydrogens is 244 g/mol. The van der Waals surface area contributed by atoms with E-state index in [1.165, 1.54) is 6.92 Å². The van der Waals surface area contributed by atoms with Crippen LogP contribution in [0.4, 0.5) is 0 Å². The van der Waals surface area contributed by atoms with Crippen LogP contribution in [0.25, 0.3) is 0 Å². The van der Waals surface area contributed by atoms with E-state index in [2.05, 4.69) is 0 Å². The molecule has 1 aromatic carbocycles. The van der Waals surface area contributed by atoms with Crippen molar-refractivity contribution in [2.45, 2.75) is 26.1 Å². The third-order valence-corrected chi connectivity index (χ3v) is 2.29. The van der Waals surface area contributed by atoms with Crippen LogP contribution in [0, 0.1) is 0 Å². The Morgan fingerprint density at radius 1 is 1.41 bits per heavy atom. The molecular formula is C12H15ClO4. The molecule has 17 heavy (non-hydrogen) atoms. The molecule has 5 heteroatoms. The molecule has 0 fully saturated rings. The van der Waals surface area contributed by atoms with Crippen LogP contribution < -0.4 is 4.74 Å². The van der Waals surface area contributed by atoms with E-state index in [1.54, 1.807) is 31.2 Å². The number of ether oxygens (including phenoxy) is 2. The van der Waals surface area contributed by atoms with Crippen molar-refractivity contribution in [3.63, 3.8) is 0 Å². The first-order chi connectivity index (χ1) is 8.04. The number of rotatable bonds is 5. The summed E-state index contributed by atoms with van der Waals surface area (Å²) in [5.74, 6) is -0.134. The van der Waals surface area contributed by atoms with E-state index in [0.29, 0.717) is 10.8 Å². The van der Waals surface area contributed by atoms with Crippen molar-refractivity contribution in [2.24, 2.45) is 0 Å². The van der Waals surface area contributed by atoms with Gasteiger partial charge in [-0.3, -0.25) is 0 Å². The fraction of sp³-hybridized carbons (Fsp3) is 0.417. The van der Waals surface area contributed by atoms with Gasteiger partial charge >= 0.3 is 5.97 Å². The molecule has 1 rings (SSSR count). The van der Waals surface area contributed by atoms with Gasteiger partial charge in [0, 0.05) is 5.02 Å². The van der Waals surface area contributed by atoms with Crippen molar-refractivity contribution in [3.8, 4) is 5.75 Å². The van der Waals surface area contributed by atoms with E-state index in [1.807, 2.05) is 0 Å². The molecule has 0 aromatic heterocycles. The summed E-state index contributed by atoms with van der Waals surface area (Å²) in [5, 5.41) is 10.0. The Labute approximate surface area is 105 Å². The minimum absolute atomic E-state index is 0.242. The maximum atomic E-state index is 11.5. The lowest BCUT2D eigenvalue weighted by atomic mass is 10.2. The molecule has 1 N–H and O–H groups in total. The molecule has 0 radical (unpaired) electrons. The minimum Gasteiger partial charge on any atom is -0.476 e. The van der Waals surface area contributed by atoms with Crippen LogP contribution in [0.1, 0.15) is 13.8 Å². The second-order valence-corrected chi connectivity index (χ2v) is 3.92. The summed E-state index contributed by atoms with van der Waals surface area (Å²) < 4.78 is 10.2. The number of hydrogen-bond acceptors (Lipinski definition) is 4. The van der Waals surface area contributed by atoms with E-state index in [-0.39, 0.29) is 6.61 Å². The van der Waals surface area contributed by atoms with Gasteiger partial charge < -0.3 is 14.6 Å². The zero-order valence-corrected chi connectivity index (χ0v) is 10.5. The first-order valence-corrected chi connectivity index (χ1v) is 5.69. The van der Waals surface area contributed by atoms with Crippen molar-refractivity contribution in [1.82, 2.24) is 0 Å². The molecule has 0 bridgehead atoms. The van der Waals surface area contributed by atoms with Crippen molar-refractivity contribution in [1.29, 1.82) is 0 Å². The maximum absolute atomic E-state index is 11.5. The van der Waals surface area contributed by atoms with Crippen molar-refractivity contribution in [3.05, 3.63) is 29.3 Å². The van der Waals surface area contributed by atoms with Gasteiger partial charge in [-0.05, 0) is 38.1 Å². The molecule has 2 atom stereocenters. The van der Waals surface area contributed by atoms with Gasteiger partial charge in [0.1, 0.15) is 5.75 Å². The second kappa shape index (κ2) is 6.47. The summed E-state index contributed by atoms with van der Waals surface area (Å²) in [7, 11) is 0. The maximum Gasteiger partial charge on any atom is 0.350 e. The fourth-order valence-corrected chi connectivity index (χ4v) is 1.35. The lowest BCUT2D eigenvalue weighted by Crippen LogP contribution is -2.38. The highest BCUT2D eigenvalue weighted by atomic mass is 35.5. The summed E-state index contributed by atoms with van der Waals surface area (Å²) >= 11 is 5.73. The highest BCUT2D eigenvalue weighted by molar-refractivity contribution is 6.30. The summed E-state index contributed by atoms with van der Waals surface area (Å²) in [4.78, 5) is 11.5. The molecule has 94 valence electrons. The Bertz CT molecular complexity index is 361. The third kappa shape index (κ3) is 4.24. The first-order valence-electron chi connectivity index (χ1n) is 5.31. The normalized spacial score (nSPS) is 13.9. The van der Waals surface area contributed by atoms with Gasteiger partial charge in [0.2, 0.25) is 6.10 Å². The Hall–Kier alpha value is -1.26. The minimum atomic E-state index is -1.03. The van der Waals surface area contributed by atoms with E-state index >= 15 is 0 Å². The Balaban J connectivity index is 2.73. The van der Waals surface area contributed by atoms with E-state index < -0.39 is 18.2 Å². The summed E-state index contributed by atoms with van der Waals surface area (Å²) in [5.41, 5.74) is 0. The Morgan fingerprint density at radius 3 is 2.47 bits per heavy atom. The van der Waals surface area contributed by atoms with Crippen molar-refractivity contribution >= 4 is 17.6 Å². The van der Waals surface area contributed by atoms with Crippen LogP contribution in [-0.4, -0.2) is 29.9 Å². The number of aliphatic hydroxyl groups excluding tert-OH is 1. The molecule has 2 unspecified atom stereocenters. The van der Waals surface area contributed by atoms with Gasteiger partial charge in [-0.2, -0.15) is 0 Å². The quantitative estimate of drug-likeness (QED) is 0.821. The largest absolute Gasteiger partial charge is 0.476 e. The van der Waals surface area contributed by atoms with Crippen LogP contribution in [0.5, 0.6) is 5.75 Å². The number of carbonyl (C=O) groups excluding carboxylic acids is 1. The SMILES string of the molecule is CCOC(=O)C(Oc1ccc(Cl)cc1)C(C)O. The monoisotopic (exact) mass is 258 g/mol. The van der Waals surface area contributed by atoms with Gasteiger partial charge in [-0.25, -0.2) is 4.79 Å². The smallest absolute Gasteiger partial charge is 0.350 e. The van der Waals surface area contributed by atoms with Gasteiger partial charge in [0.05, 0.1) is 12.7 Å². The molecule has 0 aliphatic rings. The highest BCUT2D eigenvalue weighted by Crippen LogP contribution is 2.18. The molecule has 0 saturated heterocycles. The molecule has 0 spiro atoms. The molecule has 1 aromatic rings. The molecule has 0 aliphatic carbocycles. The molecule has 0 heterocycles. The van der Waals surface area contributed by atoms with Gasteiger partial charge in [-0.1, -0.05) is 11.6 Å². The second-order valence-electron chi connectivity index (χ2n) is 3.49.